The van der Waals surface area contributed by atoms with Crippen LogP contribution in [0.15, 0.2) is 30.3 Å². The first-order chi connectivity index (χ1) is 5.25. The molecule has 0 aromatic heterocycles. The lowest BCUT2D eigenvalue weighted by Crippen LogP contribution is -1.88. The fraction of sp³-hybridized carbons (Fsp3) is 0.125. The molecule has 0 N–H and O–H groups in total. The zero-order valence-electron chi connectivity index (χ0n) is 6.92. The lowest BCUT2D eigenvalue weighted by molar-refractivity contribution is 0.101. The molecule has 0 aliphatic heterocycles. The molecule has 0 saturated carbocycles. The van der Waals surface area contributed by atoms with Gasteiger partial charge >= 0.3 is 0 Å². The Balaban J connectivity index is 3.03. The molecule has 0 bridgehead atoms. The van der Waals surface area contributed by atoms with Gasteiger partial charge in [0.1, 0.15) is 0 Å². The van der Waals surface area contributed by atoms with E-state index >= 15 is 0 Å². The van der Waals surface area contributed by atoms with Crippen LogP contribution in [0.2, 0.25) is 0 Å². The molecule has 0 radical (unpaired) electrons. The van der Waals surface area contributed by atoms with Gasteiger partial charge < -0.3 is 0 Å². The summed E-state index contributed by atoms with van der Waals surface area (Å²) < 4.78 is 14.1. The van der Waals surface area contributed by atoms with Gasteiger partial charge in [0.05, 0.1) is 1.37 Å². The van der Waals surface area contributed by atoms with E-state index in [0.717, 1.165) is 0 Å². The average molecular weight is 122 g/mol. The van der Waals surface area contributed by atoms with Gasteiger partial charge in [-0.15, -0.1) is 0 Å². The third-order valence-electron chi connectivity index (χ3n) is 1.01. The Kier molecular flexibility index (Phi) is 1.04. The molecule has 1 aromatic rings. The number of benzene rings is 1. The van der Waals surface area contributed by atoms with E-state index in [2.05, 4.69) is 0 Å². The first-order valence-corrected chi connectivity index (χ1v) is 2.64. The first kappa shape index (κ1) is 3.83. The molecule has 0 saturated heterocycles. The minimum atomic E-state index is -0.296. The Labute approximate surface area is 57.1 Å². The van der Waals surface area contributed by atoms with Gasteiger partial charge in [0.25, 0.3) is 0 Å². The van der Waals surface area contributed by atoms with Gasteiger partial charge in [-0.25, -0.2) is 0 Å². The molecule has 0 fully saturated rings. The van der Waals surface area contributed by atoms with Crippen LogP contribution >= 0.6 is 0 Å². The SMILES string of the molecule is [2H]CC(=O)c1ccccc1[2H]. The number of hydrogen-bond acceptors (Lipinski definition) is 1. The molecule has 9 heavy (non-hydrogen) atoms. The second-order valence-electron chi connectivity index (χ2n) is 1.70. The third kappa shape index (κ3) is 1.39. The highest BCUT2D eigenvalue weighted by molar-refractivity contribution is 5.93. The molecule has 1 heteroatoms. The smallest absolute Gasteiger partial charge is 0.159 e. The number of carbonyl (C=O) groups is 1. The zero-order chi connectivity index (χ0) is 8.27. The van der Waals surface area contributed by atoms with Crippen molar-refractivity contribution in [2.24, 2.45) is 0 Å². The highest BCUT2D eigenvalue weighted by Gasteiger charge is 1.92. The molecular weight excluding hydrogens is 112 g/mol. The van der Waals surface area contributed by atoms with Crippen LogP contribution in [0.3, 0.4) is 0 Å². The van der Waals surface area contributed by atoms with Crippen molar-refractivity contribution >= 4 is 5.78 Å². The molecule has 1 rings (SSSR count). The standard InChI is InChI=1S/C8H8O/c1-7(9)8-5-3-2-4-6-8/h2-6H,1H3/i1D,5D. The van der Waals surface area contributed by atoms with E-state index in [-0.39, 0.29) is 18.7 Å². The molecule has 0 aliphatic rings. The Morgan fingerprint density at radius 2 is 2.56 bits per heavy atom. The lowest BCUT2D eigenvalue weighted by Gasteiger charge is -1.89. The Morgan fingerprint density at radius 3 is 3.22 bits per heavy atom. The normalized spacial score (nSPS) is 12.0. The molecule has 0 heterocycles. The summed E-state index contributed by atoms with van der Waals surface area (Å²) in [6.45, 7) is -0.282. The van der Waals surface area contributed by atoms with Crippen molar-refractivity contribution in [2.75, 3.05) is 0 Å². The summed E-state index contributed by atoms with van der Waals surface area (Å²) >= 11 is 0. The Hall–Kier alpha value is -1.11. The van der Waals surface area contributed by atoms with E-state index in [1.807, 2.05) is 0 Å². The maximum Gasteiger partial charge on any atom is 0.159 e. The van der Waals surface area contributed by atoms with E-state index in [1.165, 1.54) is 0 Å². The molecule has 1 aromatic carbocycles. The highest BCUT2D eigenvalue weighted by atomic mass is 16.1. The van der Waals surface area contributed by atoms with Gasteiger partial charge in [0.15, 0.2) is 5.78 Å². The number of Topliss-reactive ketones (excluding diaryl/α,β-unsaturated/α-hetero) is 1. The van der Waals surface area contributed by atoms with Crippen LogP contribution in [0.1, 0.15) is 20.0 Å². The molecule has 0 atom stereocenters. The number of ketones is 1. The van der Waals surface area contributed by atoms with Crippen LogP contribution in [0.5, 0.6) is 0 Å². The molecule has 0 spiro atoms. The molecule has 46 valence electrons. The maximum atomic E-state index is 10.9. The van der Waals surface area contributed by atoms with Gasteiger partial charge in [-0.3, -0.25) is 4.79 Å². The van der Waals surface area contributed by atoms with E-state index in [0.29, 0.717) is 5.56 Å². The topological polar surface area (TPSA) is 17.1 Å². The van der Waals surface area contributed by atoms with Crippen molar-refractivity contribution < 1.29 is 7.54 Å². The molecule has 0 unspecified atom stereocenters. The number of rotatable bonds is 1. The fourth-order valence-electron chi connectivity index (χ4n) is 0.567. The van der Waals surface area contributed by atoms with Crippen LogP contribution in [0.4, 0.5) is 0 Å². The van der Waals surface area contributed by atoms with E-state index < -0.39 is 0 Å². The van der Waals surface area contributed by atoms with Crippen molar-refractivity contribution in [1.82, 2.24) is 0 Å². The van der Waals surface area contributed by atoms with E-state index in [4.69, 9.17) is 2.74 Å². The molecule has 1 nitrogen and oxygen atoms in total. The second-order valence-corrected chi connectivity index (χ2v) is 1.70. The van der Waals surface area contributed by atoms with Crippen LogP contribution in [-0.4, -0.2) is 5.78 Å². The van der Waals surface area contributed by atoms with Gasteiger partial charge in [0.2, 0.25) is 0 Å². The van der Waals surface area contributed by atoms with Crippen molar-refractivity contribution in [1.29, 1.82) is 0 Å². The minimum absolute atomic E-state index is 0.199. The fourth-order valence-corrected chi connectivity index (χ4v) is 0.567. The van der Waals surface area contributed by atoms with Crippen LogP contribution in [0.25, 0.3) is 0 Å². The van der Waals surface area contributed by atoms with Crippen molar-refractivity contribution in [3.05, 3.63) is 35.9 Å². The molecule has 0 aliphatic carbocycles. The van der Waals surface area contributed by atoms with Crippen LogP contribution in [0, 0.1) is 0 Å². The number of hydrogen-bond donors (Lipinski definition) is 0. The van der Waals surface area contributed by atoms with E-state index in [1.54, 1.807) is 24.3 Å². The van der Waals surface area contributed by atoms with Crippen molar-refractivity contribution in [3.8, 4) is 0 Å². The van der Waals surface area contributed by atoms with Gasteiger partial charge in [-0.1, -0.05) is 30.3 Å². The summed E-state index contributed by atoms with van der Waals surface area (Å²) in [6.07, 6.45) is 0. The van der Waals surface area contributed by atoms with Crippen LogP contribution in [-0.2, 0) is 0 Å². The summed E-state index contributed by atoms with van der Waals surface area (Å²) in [7, 11) is 0. The predicted molar refractivity (Wildman–Crippen MR) is 36.4 cm³/mol. The van der Waals surface area contributed by atoms with Crippen molar-refractivity contribution in [2.45, 2.75) is 6.90 Å². The molecular formula is C8H8O. The van der Waals surface area contributed by atoms with Crippen LogP contribution < -0.4 is 0 Å². The maximum absolute atomic E-state index is 10.9. The van der Waals surface area contributed by atoms with Crippen molar-refractivity contribution in [3.63, 3.8) is 0 Å². The summed E-state index contributed by atoms with van der Waals surface area (Å²) in [5.74, 6) is -0.296. The van der Waals surface area contributed by atoms with E-state index in [9.17, 15) is 4.79 Å². The minimum Gasteiger partial charge on any atom is -0.295 e. The van der Waals surface area contributed by atoms with Gasteiger partial charge in [-0.2, -0.15) is 0 Å². The number of carbonyl (C=O) groups excluding carboxylic acids is 1. The molecule has 0 amide bonds. The zero-order valence-corrected chi connectivity index (χ0v) is 4.92. The Morgan fingerprint density at radius 1 is 1.67 bits per heavy atom. The monoisotopic (exact) mass is 122 g/mol. The Bertz CT molecular complexity index is 271. The quantitative estimate of drug-likeness (QED) is 0.520. The summed E-state index contributed by atoms with van der Waals surface area (Å²) in [4.78, 5) is 10.9. The third-order valence-corrected chi connectivity index (χ3v) is 1.01. The highest BCUT2D eigenvalue weighted by Crippen LogP contribution is 1.97. The summed E-state index contributed by atoms with van der Waals surface area (Å²) in [6, 6.07) is 6.70. The summed E-state index contributed by atoms with van der Waals surface area (Å²) in [5, 5.41) is 0. The van der Waals surface area contributed by atoms with Gasteiger partial charge in [-0.05, 0) is 6.90 Å². The second kappa shape index (κ2) is 2.44. The van der Waals surface area contributed by atoms with Gasteiger partial charge in [0, 0.05) is 6.93 Å². The largest absolute Gasteiger partial charge is 0.295 e. The average Bonchev–Trinajstić information content (AvgIpc) is 2.04. The lowest BCUT2D eigenvalue weighted by atomic mass is 10.2. The first-order valence-electron chi connectivity index (χ1n) is 3.84. The summed E-state index contributed by atoms with van der Waals surface area (Å²) in [5.41, 5.74) is 0.336. The predicted octanol–water partition coefficient (Wildman–Crippen LogP) is 1.89.